The van der Waals surface area contributed by atoms with Crippen molar-refractivity contribution in [2.75, 3.05) is 13.6 Å². The van der Waals surface area contributed by atoms with Crippen molar-refractivity contribution >= 4 is 27.3 Å². The summed E-state index contributed by atoms with van der Waals surface area (Å²) in [6.07, 6.45) is 2.16. The van der Waals surface area contributed by atoms with E-state index in [0.717, 1.165) is 25.9 Å². The van der Waals surface area contributed by atoms with E-state index in [1.165, 1.54) is 9.35 Å². The minimum absolute atomic E-state index is 0.307. The van der Waals surface area contributed by atoms with Crippen molar-refractivity contribution in [3.8, 4) is 0 Å². The summed E-state index contributed by atoms with van der Waals surface area (Å²) < 4.78 is 1.20. The van der Waals surface area contributed by atoms with Gasteiger partial charge in [-0.1, -0.05) is 20.8 Å². The molecule has 18 heavy (non-hydrogen) atoms. The van der Waals surface area contributed by atoms with Gasteiger partial charge in [-0.05, 0) is 64.8 Å². The average Bonchev–Trinajstić information content (AvgIpc) is 2.58. The molecule has 0 fully saturated rings. The maximum atomic E-state index is 6.17. The van der Waals surface area contributed by atoms with Crippen LogP contribution < -0.4 is 5.73 Å². The summed E-state index contributed by atoms with van der Waals surface area (Å²) in [5.74, 6) is 0. The van der Waals surface area contributed by atoms with Crippen LogP contribution in [-0.2, 0) is 6.54 Å². The number of rotatable bonds is 6. The Morgan fingerprint density at radius 2 is 2.11 bits per heavy atom. The highest BCUT2D eigenvalue weighted by Crippen LogP contribution is 2.22. The molecule has 0 amide bonds. The predicted octanol–water partition coefficient (Wildman–Crippen LogP) is 4.10. The number of halogens is 1. The summed E-state index contributed by atoms with van der Waals surface area (Å²) in [5, 5.41) is 2.20. The molecule has 2 nitrogen and oxygen atoms in total. The molecule has 1 heterocycles. The Morgan fingerprint density at radius 1 is 1.44 bits per heavy atom. The van der Waals surface area contributed by atoms with E-state index in [2.05, 4.69) is 60.1 Å². The smallest absolute Gasteiger partial charge is 0.0701 e. The third kappa shape index (κ3) is 6.88. The first-order chi connectivity index (χ1) is 8.26. The van der Waals surface area contributed by atoms with Gasteiger partial charge in [-0.15, -0.1) is 11.3 Å². The van der Waals surface area contributed by atoms with Crippen LogP contribution in [0.2, 0.25) is 0 Å². The van der Waals surface area contributed by atoms with Gasteiger partial charge in [-0.2, -0.15) is 0 Å². The van der Waals surface area contributed by atoms with Gasteiger partial charge in [-0.3, -0.25) is 0 Å². The highest BCUT2D eigenvalue weighted by molar-refractivity contribution is 9.11. The van der Waals surface area contributed by atoms with Crippen molar-refractivity contribution in [2.45, 2.75) is 46.2 Å². The fourth-order valence-electron chi connectivity index (χ4n) is 2.09. The lowest BCUT2D eigenvalue weighted by Crippen LogP contribution is -2.31. The van der Waals surface area contributed by atoms with Crippen LogP contribution in [0.15, 0.2) is 15.2 Å². The predicted molar refractivity (Wildman–Crippen MR) is 85.0 cm³/mol. The van der Waals surface area contributed by atoms with Crippen molar-refractivity contribution in [3.05, 3.63) is 20.8 Å². The first-order valence-corrected chi connectivity index (χ1v) is 8.10. The summed E-state index contributed by atoms with van der Waals surface area (Å²) in [6, 6.07) is 2.50. The average molecular weight is 333 g/mol. The molecular formula is C14H25BrN2S. The Hall–Kier alpha value is 0.100. The molecule has 0 aliphatic heterocycles. The van der Waals surface area contributed by atoms with E-state index >= 15 is 0 Å². The fourth-order valence-corrected chi connectivity index (χ4v) is 3.29. The summed E-state index contributed by atoms with van der Waals surface area (Å²) in [7, 11) is 2.16. The molecular weight excluding hydrogens is 308 g/mol. The van der Waals surface area contributed by atoms with Crippen LogP contribution in [0.25, 0.3) is 0 Å². The van der Waals surface area contributed by atoms with Crippen LogP contribution in [0.5, 0.6) is 0 Å². The van der Waals surface area contributed by atoms with Crippen LogP contribution in [-0.4, -0.2) is 24.5 Å². The molecule has 0 saturated carbocycles. The minimum Gasteiger partial charge on any atom is -0.328 e. The number of nitrogens with two attached hydrogens (primary N) is 1. The van der Waals surface area contributed by atoms with E-state index < -0.39 is 0 Å². The molecule has 0 radical (unpaired) electrons. The summed E-state index contributed by atoms with van der Waals surface area (Å²) in [4.78, 5) is 2.34. The molecule has 104 valence electrons. The van der Waals surface area contributed by atoms with Crippen LogP contribution >= 0.6 is 27.3 Å². The van der Waals surface area contributed by atoms with E-state index in [0.29, 0.717) is 11.5 Å². The molecule has 0 aliphatic carbocycles. The van der Waals surface area contributed by atoms with Gasteiger partial charge < -0.3 is 10.6 Å². The lowest BCUT2D eigenvalue weighted by Gasteiger charge is -2.25. The zero-order chi connectivity index (χ0) is 13.8. The van der Waals surface area contributed by atoms with E-state index in [9.17, 15) is 0 Å². The van der Waals surface area contributed by atoms with E-state index in [1.54, 1.807) is 11.3 Å². The van der Waals surface area contributed by atoms with Crippen molar-refractivity contribution in [2.24, 2.45) is 11.1 Å². The van der Waals surface area contributed by atoms with E-state index in [1.807, 2.05) is 0 Å². The third-order valence-electron chi connectivity index (χ3n) is 2.83. The van der Waals surface area contributed by atoms with Gasteiger partial charge in [-0.25, -0.2) is 0 Å². The zero-order valence-corrected chi connectivity index (χ0v) is 14.3. The Labute approximate surface area is 124 Å². The first-order valence-electron chi connectivity index (χ1n) is 6.43. The van der Waals surface area contributed by atoms with Crippen molar-refractivity contribution in [1.29, 1.82) is 0 Å². The molecule has 0 bridgehead atoms. The largest absolute Gasteiger partial charge is 0.328 e. The topological polar surface area (TPSA) is 29.3 Å². The van der Waals surface area contributed by atoms with Crippen LogP contribution in [0.1, 0.15) is 39.2 Å². The van der Waals surface area contributed by atoms with E-state index in [4.69, 9.17) is 5.73 Å². The van der Waals surface area contributed by atoms with Crippen molar-refractivity contribution in [1.82, 2.24) is 4.90 Å². The van der Waals surface area contributed by atoms with Gasteiger partial charge in [0.25, 0.3) is 0 Å². The van der Waals surface area contributed by atoms with Gasteiger partial charge in [0.1, 0.15) is 0 Å². The van der Waals surface area contributed by atoms with Crippen molar-refractivity contribution < 1.29 is 0 Å². The molecule has 0 spiro atoms. The summed E-state index contributed by atoms with van der Waals surface area (Å²) in [5.41, 5.74) is 7.88. The number of thiophene rings is 1. The number of hydrogen-bond acceptors (Lipinski definition) is 3. The lowest BCUT2D eigenvalue weighted by atomic mass is 9.87. The molecule has 0 aliphatic rings. The third-order valence-corrected chi connectivity index (χ3v) is 4.38. The fraction of sp³-hybridized carbons (Fsp3) is 0.714. The van der Waals surface area contributed by atoms with Gasteiger partial charge in [0.2, 0.25) is 0 Å². The van der Waals surface area contributed by atoms with Crippen molar-refractivity contribution in [3.63, 3.8) is 0 Å². The Kier molecular flexibility index (Phi) is 6.31. The van der Waals surface area contributed by atoms with Crippen LogP contribution in [0.4, 0.5) is 0 Å². The Morgan fingerprint density at radius 3 is 2.61 bits per heavy atom. The molecule has 4 heteroatoms. The second kappa shape index (κ2) is 7.04. The van der Waals surface area contributed by atoms with Gasteiger partial charge in [0.05, 0.1) is 3.79 Å². The molecule has 1 unspecified atom stereocenters. The molecule has 0 aromatic carbocycles. The molecule has 1 rings (SSSR count). The maximum absolute atomic E-state index is 6.17. The minimum atomic E-state index is 0.307. The highest BCUT2D eigenvalue weighted by atomic mass is 79.9. The SMILES string of the molecule is CN(CCC(N)CC(C)(C)C)Cc1csc(Br)c1. The molecule has 2 N–H and O–H groups in total. The summed E-state index contributed by atoms with van der Waals surface area (Å²) >= 11 is 5.24. The Bertz CT molecular complexity index is 357. The highest BCUT2D eigenvalue weighted by Gasteiger charge is 2.15. The molecule has 1 aromatic heterocycles. The molecule has 1 atom stereocenters. The van der Waals surface area contributed by atoms with Gasteiger partial charge >= 0.3 is 0 Å². The maximum Gasteiger partial charge on any atom is 0.0701 e. The quantitative estimate of drug-likeness (QED) is 0.849. The lowest BCUT2D eigenvalue weighted by molar-refractivity contribution is 0.278. The summed E-state index contributed by atoms with van der Waals surface area (Å²) in [6.45, 7) is 8.81. The normalized spacial score (nSPS) is 14.2. The number of hydrogen-bond donors (Lipinski definition) is 1. The van der Waals surface area contributed by atoms with E-state index in [-0.39, 0.29) is 0 Å². The standard InChI is InChI=1S/C14H25BrN2S/c1-14(2,3)8-12(16)5-6-17(4)9-11-7-13(15)18-10-11/h7,10,12H,5-6,8-9,16H2,1-4H3. The molecule has 0 saturated heterocycles. The van der Waals surface area contributed by atoms with Crippen LogP contribution in [0, 0.1) is 5.41 Å². The first kappa shape index (κ1) is 16.2. The van der Waals surface area contributed by atoms with Gasteiger partial charge in [0.15, 0.2) is 0 Å². The van der Waals surface area contributed by atoms with Crippen LogP contribution in [0.3, 0.4) is 0 Å². The second-order valence-electron chi connectivity index (χ2n) is 6.31. The van der Waals surface area contributed by atoms with Gasteiger partial charge in [0, 0.05) is 12.6 Å². The number of nitrogens with zero attached hydrogens (tertiary/aromatic N) is 1. The second-order valence-corrected chi connectivity index (χ2v) is 8.60. The molecule has 1 aromatic rings. The Balaban J connectivity index is 2.26. The monoisotopic (exact) mass is 332 g/mol. The zero-order valence-electron chi connectivity index (χ0n) is 11.9.